The molecule has 0 atom stereocenters. The maximum Gasteiger partial charge on any atom is 0.287 e. The van der Waals surface area contributed by atoms with Crippen molar-refractivity contribution in [2.24, 2.45) is 0 Å². The first kappa shape index (κ1) is 16.8. The fraction of sp³-hybridized carbons (Fsp3) is 0.133. The first-order valence-corrected chi connectivity index (χ1v) is 6.53. The van der Waals surface area contributed by atoms with E-state index in [1.54, 1.807) is 6.07 Å². The number of aromatic nitrogens is 1. The van der Waals surface area contributed by atoms with Gasteiger partial charge in [-0.3, -0.25) is 24.3 Å². The van der Waals surface area contributed by atoms with Gasteiger partial charge in [-0.2, -0.15) is 5.26 Å². The average molecular weight is 331 g/mol. The van der Waals surface area contributed by atoms with Crippen LogP contribution in [-0.4, -0.2) is 22.4 Å². The Bertz CT molecular complexity index is 930. The van der Waals surface area contributed by atoms with Crippen LogP contribution >= 0.6 is 0 Å². The highest BCUT2D eigenvalue weighted by atomic mass is 19.1. The van der Waals surface area contributed by atoms with E-state index in [1.165, 1.54) is 13.2 Å². The highest BCUT2D eigenvalue weighted by molar-refractivity contribution is 5.98. The number of Topliss-reactive ketones (excluding diaryl/α,β-unsaturated/α-hetero) is 1. The zero-order chi connectivity index (χ0) is 17.9. The summed E-state index contributed by atoms with van der Waals surface area (Å²) >= 11 is 0. The molecule has 0 saturated heterocycles. The zero-order valence-corrected chi connectivity index (χ0v) is 12.4. The Hall–Kier alpha value is -3.54. The second-order valence-electron chi connectivity index (χ2n) is 4.68. The van der Waals surface area contributed by atoms with Gasteiger partial charge in [0.05, 0.1) is 30.3 Å². The highest BCUT2D eigenvalue weighted by Gasteiger charge is 2.18. The van der Waals surface area contributed by atoms with E-state index in [0.29, 0.717) is 0 Å². The van der Waals surface area contributed by atoms with Gasteiger partial charge in [-0.05, 0) is 18.2 Å². The maximum absolute atomic E-state index is 13.3. The first-order valence-electron chi connectivity index (χ1n) is 6.53. The molecule has 0 aliphatic rings. The number of ether oxygens (including phenoxy) is 1. The summed E-state index contributed by atoms with van der Waals surface area (Å²) in [7, 11) is 1.29. The van der Waals surface area contributed by atoms with Gasteiger partial charge in [-0.25, -0.2) is 4.39 Å². The SMILES string of the molecule is COc1ccc(F)cc1C(=O)Cn1cc([N+](=O)[O-])cc(C#N)c1=O. The van der Waals surface area contributed by atoms with Crippen molar-refractivity contribution < 1.29 is 18.8 Å². The number of nitro groups is 1. The molecule has 122 valence electrons. The second kappa shape index (κ2) is 6.70. The quantitative estimate of drug-likeness (QED) is 0.467. The van der Waals surface area contributed by atoms with Crippen molar-refractivity contribution in [3.8, 4) is 11.8 Å². The molecule has 2 aromatic rings. The number of pyridine rings is 1. The minimum Gasteiger partial charge on any atom is -0.496 e. The smallest absolute Gasteiger partial charge is 0.287 e. The molecule has 0 bridgehead atoms. The number of carbonyl (C=O) groups excluding carboxylic acids is 1. The lowest BCUT2D eigenvalue weighted by molar-refractivity contribution is -0.385. The topological polar surface area (TPSA) is 115 Å². The number of rotatable bonds is 5. The Morgan fingerprint density at radius 3 is 2.75 bits per heavy atom. The van der Waals surface area contributed by atoms with E-state index < -0.39 is 39.9 Å². The van der Waals surface area contributed by atoms with Crippen LogP contribution in [0.2, 0.25) is 0 Å². The zero-order valence-electron chi connectivity index (χ0n) is 12.4. The molecule has 0 N–H and O–H groups in total. The molecular weight excluding hydrogens is 321 g/mol. The monoisotopic (exact) mass is 331 g/mol. The lowest BCUT2D eigenvalue weighted by atomic mass is 10.1. The number of nitriles is 1. The lowest BCUT2D eigenvalue weighted by Gasteiger charge is -2.09. The molecule has 0 spiro atoms. The molecule has 24 heavy (non-hydrogen) atoms. The van der Waals surface area contributed by atoms with E-state index in [9.17, 15) is 24.1 Å². The minimum absolute atomic E-state index is 0.0976. The van der Waals surface area contributed by atoms with Crippen molar-refractivity contribution >= 4 is 11.5 Å². The molecule has 2 rings (SSSR count). The molecule has 8 nitrogen and oxygen atoms in total. The second-order valence-corrected chi connectivity index (χ2v) is 4.68. The van der Waals surface area contributed by atoms with E-state index >= 15 is 0 Å². The van der Waals surface area contributed by atoms with Crippen LogP contribution in [0.3, 0.4) is 0 Å². The first-order chi connectivity index (χ1) is 11.4. The summed E-state index contributed by atoms with van der Waals surface area (Å²) in [5.74, 6) is -1.28. The number of carbonyl (C=O) groups is 1. The highest BCUT2D eigenvalue weighted by Crippen LogP contribution is 2.20. The molecule has 9 heteroatoms. The van der Waals surface area contributed by atoms with Crippen LogP contribution in [0.25, 0.3) is 0 Å². The van der Waals surface area contributed by atoms with Gasteiger partial charge in [0.1, 0.15) is 23.2 Å². The lowest BCUT2D eigenvalue weighted by Crippen LogP contribution is -2.26. The van der Waals surface area contributed by atoms with Crippen LogP contribution in [0.4, 0.5) is 10.1 Å². The molecular formula is C15H10FN3O5. The van der Waals surface area contributed by atoms with E-state index in [4.69, 9.17) is 10.00 Å². The fourth-order valence-corrected chi connectivity index (χ4v) is 2.06. The Morgan fingerprint density at radius 1 is 1.46 bits per heavy atom. The van der Waals surface area contributed by atoms with Crippen molar-refractivity contribution in [3.05, 3.63) is 67.9 Å². The van der Waals surface area contributed by atoms with Gasteiger partial charge < -0.3 is 4.74 Å². The molecule has 1 aromatic heterocycles. The molecule has 0 unspecified atom stereocenters. The summed E-state index contributed by atoms with van der Waals surface area (Å²) in [6, 6.07) is 5.66. The van der Waals surface area contributed by atoms with Gasteiger partial charge in [0, 0.05) is 6.07 Å². The summed E-state index contributed by atoms with van der Waals surface area (Å²) < 4.78 is 19.0. The van der Waals surface area contributed by atoms with Gasteiger partial charge >= 0.3 is 0 Å². The number of benzene rings is 1. The Morgan fingerprint density at radius 2 is 2.17 bits per heavy atom. The number of hydrogen-bond donors (Lipinski definition) is 0. The predicted octanol–water partition coefficient (Wildman–Crippen LogP) is 1.66. The van der Waals surface area contributed by atoms with E-state index in [0.717, 1.165) is 29.0 Å². The van der Waals surface area contributed by atoms with Crippen molar-refractivity contribution in [2.45, 2.75) is 6.54 Å². The van der Waals surface area contributed by atoms with Crippen LogP contribution < -0.4 is 10.3 Å². The van der Waals surface area contributed by atoms with Crippen LogP contribution in [0.15, 0.2) is 35.3 Å². The number of ketones is 1. The fourth-order valence-electron chi connectivity index (χ4n) is 2.06. The number of hydrogen-bond acceptors (Lipinski definition) is 6. The largest absolute Gasteiger partial charge is 0.496 e. The van der Waals surface area contributed by atoms with Crippen LogP contribution in [0.1, 0.15) is 15.9 Å². The molecule has 0 saturated carbocycles. The molecule has 0 aliphatic carbocycles. The van der Waals surface area contributed by atoms with Gasteiger partial charge in [0.2, 0.25) is 0 Å². The summed E-state index contributed by atoms with van der Waals surface area (Å²) in [4.78, 5) is 34.4. The number of nitrogens with zero attached hydrogens (tertiary/aromatic N) is 3. The summed E-state index contributed by atoms with van der Waals surface area (Å²) in [5, 5.41) is 19.7. The summed E-state index contributed by atoms with van der Waals surface area (Å²) in [6.07, 6.45) is 0.854. The average Bonchev–Trinajstić information content (AvgIpc) is 2.56. The van der Waals surface area contributed by atoms with Crippen LogP contribution in [0, 0.1) is 27.3 Å². The molecule has 0 radical (unpaired) electrons. The summed E-state index contributed by atoms with van der Waals surface area (Å²) in [6.45, 7) is -0.602. The molecule has 1 aromatic carbocycles. The van der Waals surface area contributed by atoms with Gasteiger partial charge in [0.25, 0.3) is 11.2 Å². The van der Waals surface area contributed by atoms with E-state index in [1.807, 2.05) is 0 Å². The van der Waals surface area contributed by atoms with Crippen LogP contribution in [-0.2, 0) is 6.54 Å². The number of halogens is 1. The molecule has 0 aliphatic heterocycles. The molecule has 1 heterocycles. The maximum atomic E-state index is 13.3. The standard InChI is InChI=1S/C15H10FN3O5/c1-24-14-3-2-10(16)5-12(14)13(20)8-18-7-11(19(22)23)4-9(6-17)15(18)21/h2-5,7H,8H2,1H3. The van der Waals surface area contributed by atoms with E-state index in [2.05, 4.69) is 0 Å². The van der Waals surface area contributed by atoms with Crippen molar-refractivity contribution in [1.29, 1.82) is 5.26 Å². The Balaban J connectivity index is 2.48. The Kier molecular flexibility index (Phi) is 4.70. The third-order valence-corrected chi connectivity index (χ3v) is 3.18. The number of methoxy groups -OCH3 is 1. The third kappa shape index (κ3) is 3.27. The van der Waals surface area contributed by atoms with Gasteiger partial charge in [0.15, 0.2) is 5.78 Å². The van der Waals surface area contributed by atoms with Gasteiger partial charge in [-0.1, -0.05) is 0 Å². The Labute approximate surface area is 134 Å². The van der Waals surface area contributed by atoms with E-state index in [-0.39, 0.29) is 11.3 Å². The predicted molar refractivity (Wildman–Crippen MR) is 79.4 cm³/mol. The van der Waals surface area contributed by atoms with Gasteiger partial charge in [-0.15, -0.1) is 0 Å². The van der Waals surface area contributed by atoms with Crippen molar-refractivity contribution in [3.63, 3.8) is 0 Å². The minimum atomic E-state index is -0.855. The van der Waals surface area contributed by atoms with Crippen molar-refractivity contribution in [2.75, 3.05) is 7.11 Å². The molecule has 0 amide bonds. The molecule has 0 fully saturated rings. The summed E-state index contributed by atoms with van der Waals surface area (Å²) in [5.41, 5.74) is -1.95. The van der Waals surface area contributed by atoms with Crippen LogP contribution in [0.5, 0.6) is 5.75 Å². The van der Waals surface area contributed by atoms with Crippen molar-refractivity contribution in [1.82, 2.24) is 4.57 Å². The normalized spacial score (nSPS) is 10.0. The third-order valence-electron chi connectivity index (χ3n) is 3.18.